The van der Waals surface area contributed by atoms with Crippen molar-refractivity contribution in [3.8, 4) is 11.5 Å². The van der Waals surface area contributed by atoms with E-state index in [-0.39, 0.29) is 11.5 Å². The summed E-state index contributed by atoms with van der Waals surface area (Å²) in [5.74, 6) is -2.19. The van der Waals surface area contributed by atoms with Crippen LogP contribution in [-0.2, 0) is 5.60 Å². The quantitative estimate of drug-likeness (QED) is 0.868. The van der Waals surface area contributed by atoms with Crippen molar-refractivity contribution < 1.29 is 23.4 Å². The molecule has 0 aliphatic carbocycles. The summed E-state index contributed by atoms with van der Waals surface area (Å²) in [5.41, 5.74) is -2.13. The molecule has 0 atom stereocenters. The molecule has 0 bridgehead atoms. The molecular weight excluding hydrogens is 218 g/mol. The van der Waals surface area contributed by atoms with E-state index in [2.05, 4.69) is 0 Å². The Labute approximate surface area is 92.6 Å². The van der Waals surface area contributed by atoms with Gasteiger partial charge >= 0.3 is 0 Å². The third kappa shape index (κ3) is 2.09. The fourth-order valence-electron chi connectivity index (χ4n) is 1.42. The molecule has 0 aliphatic rings. The minimum atomic E-state index is -1.66. The van der Waals surface area contributed by atoms with E-state index in [4.69, 9.17) is 9.47 Å². The molecule has 1 rings (SSSR count). The topological polar surface area (TPSA) is 38.7 Å². The van der Waals surface area contributed by atoms with Crippen LogP contribution in [0.1, 0.15) is 19.4 Å². The van der Waals surface area contributed by atoms with Gasteiger partial charge < -0.3 is 14.6 Å². The monoisotopic (exact) mass is 232 g/mol. The van der Waals surface area contributed by atoms with Crippen LogP contribution in [0.5, 0.6) is 11.5 Å². The van der Waals surface area contributed by atoms with E-state index < -0.39 is 22.8 Å². The molecule has 0 saturated carbocycles. The van der Waals surface area contributed by atoms with Gasteiger partial charge in [-0.05, 0) is 13.8 Å². The van der Waals surface area contributed by atoms with Crippen molar-refractivity contribution in [1.82, 2.24) is 0 Å². The maximum atomic E-state index is 13.8. The van der Waals surface area contributed by atoms with E-state index in [1.807, 2.05) is 0 Å². The molecule has 0 aliphatic heterocycles. The first-order valence-electron chi connectivity index (χ1n) is 4.65. The Hall–Kier alpha value is -1.36. The van der Waals surface area contributed by atoms with Gasteiger partial charge in [-0.25, -0.2) is 8.78 Å². The zero-order valence-electron chi connectivity index (χ0n) is 9.60. The van der Waals surface area contributed by atoms with Crippen LogP contribution in [-0.4, -0.2) is 19.3 Å². The van der Waals surface area contributed by atoms with Crippen LogP contribution in [0.15, 0.2) is 6.07 Å². The van der Waals surface area contributed by atoms with E-state index in [1.165, 1.54) is 28.1 Å². The molecule has 0 unspecified atom stereocenters. The van der Waals surface area contributed by atoms with Gasteiger partial charge in [-0.2, -0.15) is 0 Å². The second-order valence-electron chi connectivity index (χ2n) is 3.84. The molecule has 0 saturated heterocycles. The van der Waals surface area contributed by atoms with Crippen LogP contribution < -0.4 is 9.47 Å². The SMILES string of the molecule is COc1cc(OC)c(F)c(C(C)(C)O)c1F. The Bertz CT molecular complexity index is 369. The van der Waals surface area contributed by atoms with Gasteiger partial charge in [-0.1, -0.05) is 0 Å². The fraction of sp³-hybridized carbons (Fsp3) is 0.455. The largest absolute Gasteiger partial charge is 0.494 e. The van der Waals surface area contributed by atoms with Crippen LogP contribution in [0, 0.1) is 11.6 Å². The van der Waals surface area contributed by atoms with Crippen molar-refractivity contribution in [2.75, 3.05) is 14.2 Å². The zero-order valence-corrected chi connectivity index (χ0v) is 9.60. The minimum absolute atomic E-state index is 0.171. The van der Waals surface area contributed by atoms with Crippen molar-refractivity contribution in [2.24, 2.45) is 0 Å². The molecular formula is C11H14F2O3. The van der Waals surface area contributed by atoms with Gasteiger partial charge in [0, 0.05) is 6.07 Å². The molecule has 0 amide bonds. The number of aliphatic hydroxyl groups is 1. The number of halogens is 2. The highest BCUT2D eigenvalue weighted by Gasteiger charge is 2.30. The van der Waals surface area contributed by atoms with Gasteiger partial charge in [0.15, 0.2) is 23.1 Å². The van der Waals surface area contributed by atoms with E-state index in [0.29, 0.717) is 0 Å². The number of benzene rings is 1. The van der Waals surface area contributed by atoms with Crippen molar-refractivity contribution in [1.29, 1.82) is 0 Å². The summed E-state index contributed by atoms with van der Waals surface area (Å²) in [7, 11) is 2.51. The predicted molar refractivity (Wildman–Crippen MR) is 54.7 cm³/mol. The third-order valence-corrected chi connectivity index (χ3v) is 2.19. The lowest BCUT2D eigenvalue weighted by Crippen LogP contribution is -2.20. The molecule has 0 heterocycles. The summed E-state index contributed by atoms with van der Waals surface area (Å²) < 4.78 is 37.0. The van der Waals surface area contributed by atoms with Crippen LogP contribution >= 0.6 is 0 Å². The molecule has 1 aromatic rings. The second kappa shape index (κ2) is 4.25. The standard InChI is InChI=1S/C11H14F2O3/c1-11(2,14)8-9(12)6(15-3)5-7(16-4)10(8)13/h5,14H,1-4H3. The summed E-state index contributed by atoms with van der Waals surface area (Å²) in [4.78, 5) is 0. The maximum Gasteiger partial charge on any atom is 0.174 e. The van der Waals surface area contributed by atoms with Gasteiger partial charge in [0.25, 0.3) is 0 Å². The zero-order chi connectivity index (χ0) is 12.5. The molecule has 3 nitrogen and oxygen atoms in total. The van der Waals surface area contributed by atoms with E-state index in [9.17, 15) is 13.9 Å². The lowest BCUT2D eigenvalue weighted by molar-refractivity contribution is 0.0688. The van der Waals surface area contributed by atoms with E-state index in [1.54, 1.807) is 0 Å². The predicted octanol–water partition coefficient (Wildman–Crippen LogP) is 2.21. The van der Waals surface area contributed by atoms with Crippen molar-refractivity contribution in [2.45, 2.75) is 19.4 Å². The van der Waals surface area contributed by atoms with Crippen molar-refractivity contribution in [3.63, 3.8) is 0 Å². The second-order valence-corrected chi connectivity index (χ2v) is 3.84. The summed E-state index contributed by atoms with van der Waals surface area (Å²) in [5, 5.41) is 9.70. The molecule has 0 radical (unpaired) electrons. The molecule has 90 valence electrons. The Morgan fingerprint density at radius 2 is 1.44 bits per heavy atom. The minimum Gasteiger partial charge on any atom is -0.494 e. The first-order valence-corrected chi connectivity index (χ1v) is 4.65. The Morgan fingerprint density at radius 1 is 1.06 bits per heavy atom. The van der Waals surface area contributed by atoms with E-state index >= 15 is 0 Å². The number of hydrogen-bond donors (Lipinski definition) is 1. The van der Waals surface area contributed by atoms with E-state index in [0.717, 1.165) is 6.07 Å². The van der Waals surface area contributed by atoms with Gasteiger partial charge in [-0.15, -0.1) is 0 Å². The Kier molecular flexibility index (Phi) is 3.38. The number of hydrogen-bond acceptors (Lipinski definition) is 3. The third-order valence-electron chi connectivity index (χ3n) is 2.19. The molecule has 0 fully saturated rings. The molecule has 0 spiro atoms. The maximum absolute atomic E-state index is 13.8. The smallest absolute Gasteiger partial charge is 0.174 e. The molecule has 16 heavy (non-hydrogen) atoms. The van der Waals surface area contributed by atoms with Crippen LogP contribution in [0.25, 0.3) is 0 Å². The summed E-state index contributed by atoms with van der Waals surface area (Å²) in [6, 6.07) is 1.10. The first-order chi connectivity index (χ1) is 7.32. The summed E-state index contributed by atoms with van der Waals surface area (Å²) in [6.07, 6.45) is 0. The highest BCUT2D eigenvalue weighted by molar-refractivity contribution is 5.43. The Morgan fingerprint density at radius 3 is 1.69 bits per heavy atom. The number of methoxy groups -OCH3 is 2. The molecule has 1 N–H and O–H groups in total. The first kappa shape index (κ1) is 12.7. The molecule has 5 heteroatoms. The summed E-state index contributed by atoms with van der Waals surface area (Å²) >= 11 is 0. The normalized spacial score (nSPS) is 11.4. The highest BCUT2D eigenvalue weighted by atomic mass is 19.1. The number of rotatable bonds is 3. The van der Waals surface area contributed by atoms with Gasteiger partial charge in [0.05, 0.1) is 25.4 Å². The van der Waals surface area contributed by atoms with Gasteiger partial charge in [0.2, 0.25) is 0 Å². The highest BCUT2D eigenvalue weighted by Crippen LogP contribution is 2.36. The van der Waals surface area contributed by atoms with Crippen molar-refractivity contribution in [3.05, 3.63) is 23.3 Å². The molecule has 0 aromatic heterocycles. The molecule has 1 aromatic carbocycles. The Balaban J connectivity index is 3.56. The van der Waals surface area contributed by atoms with Crippen molar-refractivity contribution >= 4 is 0 Å². The average molecular weight is 232 g/mol. The van der Waals surface area contributed by atoms with Gasteiger partial charge in [-0.3, -0.25) is 0 Å². The fourth-order valence-corrected chi connectivity index (χ4v) is 1.42. The summed E-state index contributed by atoms with van der Waals surface area (Å²) in [6.45, 7) is 2.57. The van der Waals surface area contributed by atoms with Crippen LogP contribution in [0.2, 0.25) is 0 Å². The van der Waals surface area contributed by atoms with Crippen LogP contribution in [0.3, 0.4) is 0 Å². The lowest BCUT2D eigenvalue weighted by atomic mass is 9.96. The van der Waals surface area contributed by atoms with Crippen LogP contribution in [0.4, 0.5) is 8.78 Å². The lowest BCUT2D eigenvalue weighted by Gasteiger charge is -2.21. The average Bonchev–Trinajstić information content (AvgIpc) is 2.16. The van der Waals surface area contributed by atoms with Gasteiger partial charge in [0.1, 0.15) is 0 Å². The number of ether oxygens (including phenoxy) is 2.